The van der Waals surface area contributed by atoms with Crippen LogP contribution < -0.4 is 0 Å². The highest BCUT2D eigenvalue weighted by Gasteiger charge is 2.25. The Balaban J connectivity index is 0.794. The Morgan fingerprint density at radius 1 is 0.144 bits per heavy atom. The van der Waals surface area contributed by atoms with Gasteiger partial charge in [-0.2, -0.15) is 0 Å². The summed E-state index contributed by atoms with van der Waals surface area (Å²) in [6, 6.07) is 117. The fourth-order valence-corrected chi connectivity index (χ4v) is 15.7. The van der Waals surface area contributed by atoms with Crippen LogP contribution in [0.4, 0.5) is 0 Å². The van der Waals surface area contributed by atoms with E-state index in [-0.39, 0.29) is 0 Å². The molecule has 0 unspecified atom stereocenters. The zero-order chi connectivity index (χ0) is 58.7. The molecule has 14 aromatic carbocycles. The molecular formula is C84H52N6. The number of fused-ring (bicyclic) bond motifs is 19. The Kier molecular flexibility index (Phi) is 10.2. The van der Waals surface area contributed by atoms with E-state index >= 15 is 0 Å². The molecule has 0 aliphatic rings. The van der Waals surface area contributed by atoms with Gasteiger partial charge in [0.2, 0.25) is 0 Å². The van der Waals surface area contributed by atoms with Crippen LogP contribution in [-0.4, -0.2) is 27.4 Å². The summed E-state index contributed by atoms with van der Waals surface area (Å²) in [7, 11) is 0. The molecule has 0 radical (unpaired) electrons. The molecule has 0 aliphatic carbocycles. The molecular weight excluding hydrogens is 1090 g/mol. The lowest BCUT2D eigenvalue weighted by Crippen LogP contribution is -1.99. The molecule has 418 valence electrons. The molecule has 6 aromatic heterocycles. The van der Waals surface area contributed by atoms with Crippen LogP contribution in [0.2, 0.25) is 0 Å². The SMILES string of the molecule is c1ccc(-n2c3ccccc3c3cc4c5c(-c6ccc7c(c6)c6ccccc6n7-c6cccc(-n7c8ccccc8c8c9c%10ccccc%10n(-c%10ccccc%10)c9ccc87)c6)cccc5n(-c5cccc(-n6c7ccccc7c7ccccc76)c5)c4cc32)cc1. The van der Waals surface area contributed by atoms with Crippen LogP contribution in [-0.2, 0) is 0 Å². The minimum Gasteiger partial charge on any atom is -0.309 e. The van der Waals surface area contributed by atoms with E-state index in [0.717, 1.165) is 56.2 Å². The van der Waals surface area contributed by atoms with Crippen molar-refractivity contribution < 1.29 is 0 Å². The summed E-state index contributed by atoms with van der Waals surface area (Å²) in [6.45, 7) is 0. The molecule has 20 rings (SSSR count). The highest BCUT2D eigenvalue weighted by Crippen LogP contribution is 2.47. The monoisotopic (exact) mass is 1140 g/mol. The smallest absolute Gasteiger partial charge is 0.0562 e. The van der Waals surface area contributed by atoms with Gasteiger partial charge < -0.3 is 27.4 Å². The van der Waals surface area contributed by atoms with Crippen molar-refractivity contribution in [3.8, 4) is 45.3 Å². The van der Waals surface area contributed by atoms with E-state index < -0.39 is 0 Å². The number of hydrogen-bond acceptors (Lipinski definition) is 0. The maximum Gasteiger partial charge on any atom is 0.0562 e. The fraction of sp³-hybridized carbons (Fsp3) is 0. The van der Waals surface area contributed by atoms with Gasteiger partial charge in [-0.05, 0) is 151 Å². The molecule has 6 nitrogen and oxygen atoms in total. The van der Waals surface area contributed by atoms with E-state index in [1.165, 1.54) is 120 Å². The van der Waals surface area contributed by atoms with Gasteiger partial charge in [-0.1, -0.05) is 176 Å². The van der Waals surface area contributed by atoms with Gasteiger partial charge in [-0.3, -0.25) is 0 Å². The van der Waals surface area contributed by atoms with E-state index in [1.54, 1.807) is 0 Å². The van der Waals surface area contributed by atoms with E-state index in [9.17, 15) is 0 Å². The summed E-state index contributed by atoms with van der Waals surface area (Å²) >= 11 is 0. The van der Waals surface area contributed by atoms with E-state index in [2.05, 4.69) is 343 Å². The first kappa shape index (κ1) is 49.0. The van der Waals surface area contributed by atoms with Crippen molar-refractivity contribution in [3.63, 3.8) is 0 Å². The second-order valence-electron chi connectivity index (χ2n) is 24.0. The first-order valence-corrected chi connectivity index (χ1v) is 31.0. The van der Waals surface area contributed by atoms with Gasteiger partial charge in [-0.25, -0.2) is 0 Å². The number of para-hydroxylation sites is 8. The highest BCUT2D eigenvalue weighted by molar-refractivity contribution is 6.29. The van der Waals surface area contributed by atoms with Crippen LogP contribution in [0.25, 0.3) is 176 Å². The maximum atomic E-state index is 2.51. The van der Waals surface area contributed by atoms with Crippen molar-refractivity contribution in [1.29, 1.82) is 0 Å². The van der Waals surface area contributed by atoms with Crippen LogP contribution in [0.3, 0.4) is 0 Å². The standard InChI is InChI=1S/C84H52N6/c1-3-22-54(23-4-1)85-74-41-17-11-34-65(74)83-78(85)46-47-79-84(83)66-35-12-18-42-75(66)89(79)58-28-19-27-57(49-58)88-73-40-16-9-32-63(73)67-48-53(44-45-76(67)88)60-36-21-43-77-82(60)69-51-68-64-33-10-15-39-72(64)86(55-24-5-2-6-25-55)80(68)52-81(69)90(77)59-29-20-26-56(50-59)87-70-37-13-7-30-61(70)62-31-8-14-38-71(62)87/h1-52H. The molecule has 0 fully saturated rings. The third kappa shape index (κ3) is 6.81. The zero-order valence-corrected chi connectivity index (χ0v) is 48.7. The van der Waals surface area contributed by atoms with E-state index in [4.69, 9.17) is 0 Å². The van der Waals surface area contributed by atoms with Gasteiger partial charge in [0.25, 0.3) is 0 Å². The minimum atomic E-state index is 1.10. The second-order valence-corrected chi connectivity index (χ2v) is 24.0. The number of benzene rings is 14. The highest BCUT2D eigenvalue weighted by atomic mass is 15.0. The summed E-state index contributed by atoms with van der Waals surface area (Å²) in [6.07, 6.45) is 0. The summed E-state index contributed by atoms with van der Waals surface area (Å²) in [5.41, 5.74) is 23.2. The summed E-state index contributed by atoms with van der Waals surface area (Å²) in [5, 5.41) is 14.8. The average Bonchev–Trinajstić information content (AvgIpc) is 1.66. The van der Waals surface area contributed by atoms with Crippen molar-refractivity contribution >= 4 is 131 Å². The summed E-state index contributed by atoms with van der Waals surface area (Å²) in [5.74, 6) is 0. The molecule has 20 aromatic rings. The lowest BCUT2D eigenvalue weighted by Gasteiger charge is -2.14. The fourth-order valence-electron chi connectivity index (χ4n) is 15.7. The van der Waals surface area contributed by atoms with Gasteiger partial charge in [-0.15, -0.1) is 0 Å². The van der Waals surface area contributed by atoms with E-state index in [1.807, 2.05) is 0 Å². The van der Waals surface area contributed by atoms with Gasteiger partial charge in [0.05, 0.1) is 66.2 Å². The molecule has 0 N–H and O–H groups in total. The lowest BCUT2D eigenvalue weighted by molar-refractivity contribution is 1.13. The topological polar surface area (TPSA) is 29.6 Å². The maximum absolute atomic E-state index is 2.51. The molecule has 0 saturated carbocycles. The lowest BCUT2D eigenvalue weighted by atomic mass is 9.97. The molecule has 6 heterocycles. The van der Waals surface area contributed by atoms with E-state index in [0.29, 0.717) is 0 Å². The first-order chi connectivity index (χ1) is 44.7. The number of hydrogen-bond donors (Lipinski definition) is 0. The van der Waals surface area contributed by atoms with Crippen LogP contribution in [0.15, 0.2) is 315 Å². The summed E-state index contributed by atoms with van der Waals surface area (Å²) < 4.78 is 14.7. The molecule has 0 aliphatic heterocycles. The largest absolute Gasteiger partial charge is 0.309 e. The minimum absolute atomic E-state index is 1.10. The van der Waals surface area contributed by atoms with Gasteiger partial charge >= 0.3 is 0 Å². The van der Waals surface area contributed by atoms with Crippen LogP contribution in [0.1, 0.15) is 0 Å². The zero-order valence-electron chi connectivity index (χ0n) is 48.7. The van der Waals surface area contributed by atoms with Crippen LogP contribution in [0, 0.1) is 0 Å². The average molecular weight is 1150 g/mol. The number of nitrogens with zero attached hydrogens (tertiary/aromatic N) is 6. The van der Waals surface area contributed by atoms with Gasteiger partial charge in [0, 0.05) is 98.8 Å². The van der Waals surface area contributed by atoms with Crippen molar-refractivity contribution in [2.45, 2.75) is 0 Å². The second kappa shape index (κ2) is 18.7. The third-order valence-electron chi connectivity index (χ3n) is 19.3. The van der Waals surface area contributed by atoms with Gasteiger partial charge in [0.15, 0.2) is 0 Å². The molecule has 0 amide bonds. The van der Waals surface area contributed by atoms with Crippen molar-refractivity contribution in [2.75, 3.05) is 0 Å². The molecule has 0 spiro atoms. The third-order valence-corrected chi connectivity index (χ3v) is 19.3. The number of rotatable bonds is 7. The Morgan fingerprint density at radius 2 is 0.444 bits per heavy atom. The number of aromatic nitrogens is 6. The van der Waals surface area contributed by atoms with Crippen LogP contribution in [0.5, 0.6) is 0 Å². The molecule has 90 heavy (non-hydrogen) atoms. The van der Waals surface area contributed by atoms with Gasteiger partial charge in [0.1, 0.15) is 0 Å². The van der Waals surface area contributed by atoms with Crippen molar-refractivity contribution in [2.24, 2.45) is 0 Å². The Hall–Kier alpha value is -12.1. The first-order valence-electron chi connectivity index (χ1n) is 31.0. The quantitative estimate of drug-likeness (QED) is 0.152. The predicted molar refractivity (Wildman–Crippen MR) is 378 cm³/mol. The molecule has 0 atom stereocenters. The van der Waals surface area contributed by atoms with Crippen molar-refractivity contribution in [3.05, 3.63) is 315 Å². The summed E-state index contributed by atoms with van der Waals surface area (Å²) in [4.78, 5) is 0. The predicted octanol–water partition coefficient (Wildman–Crippen LogP) is 21.9. The Bertz CT molecular complexity index is 6350. The van der Waals surface area contributed by atoms with Crippen LogP contribution >= 0.6 is 0 Å². The molecule has 0 saturated heterocycles. The Labute approximate surface area is 516 Å². The molecule has 0 bridgehead atoms. The Morgan fingerprint density at radius 3 is 0.933 bits per heavy atom. The van der Waals surface area contributed by atoms with Crippen molar-refractivity contribution in [1.82, 2.24) is 27.4 Å². The molecule has 6 heteroatoms. The normalized spacial score (nSPS) is 12.2.